The maximum atomic E-state index is 13.3. The van der Waals surface area contributed by atoms with Gasteiger partial charge in [-0.25, -0.2) is 4.39 Å². The van der Waals surface area contributed by atoms with Crippen LogP contribution in [0.15, 0.2) is 18.2 Å². The van der Waals surface area contributed by atoms with Crippen LogP contribution in [0.3, 0.4) is 0 Å². The van der Waals surface area contributed by atoms with Crippen molar-refractivity contribution in [3.05, 3.63) is 29.0 Å². The molecule has 0 amide bonds. The quantitative estimate of drug-likeness (QED) is 0.877. The lowest BCUT2D eigenvalue weighted by molar-refractivity contribution is 0.235. The van der Waals surface area contributed by atoms with Gasteiger partial charge in [0, 0.05) is 6.54 Å². The van der Waals surface area contributed by atoms with Gasteiger partial charge >= 0.3 is 0 Å². The second kappa shape index (κ2) is 5.45. The Bertz CT molecular complexity index is 424. The lowest BCUT2D eigenvalue weighted by Gasteiger charge is -2.43. The summed E-state index contributed by atoms with van der Waals surface area (Å²) in [7, 11) is 0. The Morgan fingerprint density at radius 1 is 1.50 bits per heavy atom. The third kappa shape index (κ3) is 2.62. The minimum Gasteiger partial charge on any atom is -0.377 e. The number of anilines is 1. The molecule has 0 spiro atoms. The number of rotatable bonds is 3. The largest absolute Gasteiger partial charge is 0.377 e. The summed E-state index contributed by atoms with van der Waals surface area (Å²) >= 11 is 6.11. The molecule has 18 heavy (non-hydrogen) atoms. The van der Waals surface area contributed by atoms with E-state index in [1.165, 1.54) is 18.6 Å². The first-order valence-corrected chi connectivity index (χ1v) is 6.88. The second-order valence-corrected chi connectivity index (χ2v) is 5.66. The molecule has 0 aliphatic heterocycles. The van der Waals surface area contributed by atoms with Gasteiger partial charge in [-0.2, -0.15) is 0 Å². The summed E-state index contributed by atoms with van der Waals surface area (Å²) < 4.78 is 13.3. The van der Waals surface area contributed by atoms with E-state index in [0.29, 0.717) is 23.2 Å². The van der Waals surface area contributed by atoms with Gasteiger partial charge in [0.1, 0.15) is 5.82 Å². The maximum absolute atomic E-state index is 13.3. The van der Waals surface area contributed by atoms with Crippen molar-refractivity contribution in [2.45, 2.75) is 38.1 Å². The Kier molecular flexibility index (Phi) is 4.13. The van der Waals surface area contributed by atoms with Crippen LogP contribution in [0.5, 0.6) is 0 Å². The lowest BCUT2D eigenvalue weighted by Crippen LogP contribution is -2.52. The van der Waals surface area contributed by atoms with Crippen LogP contribution in [-0.4, -0.2) is 12.1 Å². The molecule has 0 heterocycles. The molecule has 2 rings (SSSR count). The van der Waals surface area contributed by atoms with Crippen molar-refractivity contribution in [3.8, 4) is 0 Å². The molecule has 0 bridgehead atoms. The van der Waals surface area contributed by atoms with E-state index in [2.05, 4.69) is 12.2 Å². The first-order valence-electron chi connectivity index (χ1n) is 6.51. The Balaban J connectivity index is 2.26. The van der Waals surface area contributed by atoms with Crippen LogP contribution in [-0.2, 0) is 0 Å². The van der Waals surface area contributed by atoms with E-state index in [9.17, 15) is 4.39 Å². The topological polar surface area (TPSA) is 38.0 Å². The molecule has 1 aliphatic rings. The molecular formula is C14H20ClFN2. The average molecular weight is 271 g/mol. The molecule has 1 saturated carbocycles. The van der Waals surface area contributed by atoms with Crippen molar-refractivity contribution in [1.29, 1.82) is 0 Å². The fraction of sp³-hybridized carbons (Fsp3) is 0.571. The SMILES string of the molecule is CC1CCCCC1(CN)Nc1cc(F)ccc1Cl. The summed E-state index contributed by atoms with van der Waals surface area (Å²) in [4.78, 5) is 0. The highest BCUT2D eigenvalue weighted by Gasteiger charge is 2.37. The normalized spacial score (nSPS) is 28.1. The Hall–Kier alpha value is -0.800. The number of nitrogens with one attached hydrogen (secondary N) is 1. The Labute approximate surface area is 113 Å². The van der Waals surface area contributed by atoms with E-state index < -0.39 is 0 Å². The van der Waals surface area contributed by atoms with Crippen molar-refractivity contribution in [3.63, 3.8) is 0 Å². The van der Waals surface area contributed by atoms with Crippen molar-refractivity contribution < 1.29 is 4.39 Å². The summed E-state index contributed by atoms with van der Waals surface area (Å²) in [6.45, 7) is 2.74. The van der Waals surface area contributed by atoms with E-state index in [0.717, 1.165) is 19.3 Å². The fourth-order valence-electron chi connectivity index (χ4n) is 2.82. The van der Waals surface area contributed by atoms with E-state index >= 15 is 0 Å². The van der Waals surface area contributed by atoms with Gasteiger partial charge in [0.05, 0.1) is 16.2 Å². The van der Waals surface area contributed by atoms with Gasteiger partial charge in [-0.3, -0.25) is 0 Å². The van der Waals surface area contributed by atoms with E-state index in [4.69, 9.17) is 17.3 Å². The van der Waals surface area contributed by atoms with Gasteiger partial charge in [-0.1, -0.05) is 31.4 Å². The molecule has 1 aromatic carbocycles. The lowest BCUT2D eigenvalue weighted by atomic mass is 9.73. The van der Waals surface area contributed by atoms with Crippen LogP contribution >= 0.6 is 11.6 Å². The van der Waals surface area contributed by atoms with Gasteiger partial charge in [-0.05, 0) is 37.0 Å². The van der Waals surface area contributed by atoms with Crippen molar-refractivity contribution in [1.82, 2.24) is 0 Å². The van der Waals surface area contributed by atoms with E-state index in [1.54, 1.807) is 6.07 Å². The highest BCUT2D eigenvalue weighted by atomic mass is 35.5. The van der Waals surface area contributed by atoms with Gasteiger partial charge in [0.15, 0.2) is 0 Å². The highest BCUT2D eigenvalue weighted by molar-refractivity contribution is 6.33. The first-order chi connectivity index (χ1) is 8.57. The second-order valence-electron chi connectivity index (χ2n) is 5.26. The third-order valence-electron chi connectivity index (χ3n) is 4.13. The molecule has 2 atom stereocenters. The number of nitrogens with two attached hydrogens (primary N) is 1. The molecular weight excluding hydrogens is 251 g/mol. The zero-order chi connectivity index (χ0) is 13.2. The molecule has 0 aromatic heterocycles. The Morgan fingerprint density at radius 3 is 2.94 bits per heavy atom. The number of hydrogen-bond acceptors (Lipinski definition) is 2. The number of halogens is 2. The number of hydrogen-bond donors (Lipinski definition) is 2. The fourth-order valence-corrected chi connectivity index (χ4v) is 2.98. The molecule has 1 aliphatic carbocycles. The molecule has 3 N–H and O–H groups in total. The summed E-state index contributed by atoms with van der Waals surface area (Å²) in [5, 5.41) is 3.95. The molecule has 0 saturated heterocycles. The standard InChI is InChI=1S/C14H20ClFN2/c1-10-4-2-3-7-14(10,9-17)18-13-8-11(16)5-6-12(13)15/h5-6,8,10,18H,2-4,7,9,17H2,1H3. The van der Waals surface area contributed by atoms with Crippen LogP contribution in [0.4, 0.5) is 10.1 Å². The predicted molar refractivity (Wildman–Crippen MR) is 74.5 cm³/mol. The minimum absolute atomic E-state index is 0.157. The maximum Gasteiger partial charge on any atom is 0.125 e. The molecule has 1 fully saturated rings. The molecule has 4 heteroatoms. The molecule has 1 aromatic rings. The number of benzene rings is 1. The van der Waals surface area contributed by atoms with E-state index in [-0.39, 0.29) is 11.4 Å². The Morgan fingerprint density at radius 2 is 2.28 bits per heavy atom. The first kappa shape index (κ1) is 13.6. The zero-order valence-electron chi connectivity index (χ0n) is 10.7. The predicted octanol–water partition coefficient (Wildman–Crippen LogP) is 3.80. The smallest absolute Gasteiger partial charge is 0.125 e. The molecule has 0 radical (unpaired) electrons. The van der Waals surface area contributed by atoms with Gasteiger partial charge in [0.25, 0.3) is 0 Å². The van der Waals surface area contributed by atoms with Crippen molar-refractivity contribution in [2.24, 2.45) is 11.7 Å². The molecule has 100 valence electrons. The minimum atomic E-state index is -0.280. The van der Waals surface area contributed by atoms with Gasteiger partial charge < -0.3 is 11.1 Å². The van der Waals surface area contributed by atoms with Gasteiger partial charge in [-0.15, -0.1) is 0 Å². The van der Waals surface area contributed by atoms with Crippen LogP contribution in [0.2, 0.25) is 5.02 Å². The summed E-state index contributed by atoms with van der Waals surface area (Å²) in [5.41, 5.74) is 6.46. The summed E-state index contributed by atoms with van der Waals surface area (Å²) in [6.07, 6.45) is 4.55. The van der Waals surface area contributed by atoms with Crippen LogP contribution in [0.25, 0.3) is 0 Å². The van der Waals surface area contributed by atoms with Crippen molar-refractivity contribution in [2.75, 3.05) is 11.9 Å². The average Bonchev–Trinajstić information content (AvgIpc) is 2.37. The molecule has 2 unspecified atom stereocenters. The van der Waals surface area contributed by atoms with Crippen molar-refractivity contribution >= 4 is 17.3 Å². The van der Waals surface area contributed by atoms with E-state index in [1.807, 2.05) is 0 Å². The van der Waals surface area contributed by atoms with Crippen LogP contribution < -0.4 is 11.1 Å². The van der Waals surface area contributed by atoms with Crippen LogP contribution in [0.1, 0.15) is 32.6 Å². The monoisotopic (exact) mass is 270 g/mol. The summed E-state index contributed by atoms with van der Waals surface area (Å²) in [5.74, 6) is 0.188. The third-order valence-corrected chi connectivity index (χ3v) is 4.46. The van der Waals surface area contributed by atoms with Gasteiger partial charge in [0.2, 0.25) is 0 Å². The summed E-state index contributed by atoms with van der Waals surface area (Å²) in [6, 6.07) is 4.39. The highest BCUT2D eigenvalue weighted by Crippen LogP contribution is 2.37. The zero-order valence-corrected chi connectivity index (χ0v) is 11.4. The molecule has 2 nitrogen and oxygen atoms in total. The van der Waals surface area contributed by atoms with Crippen LogP contribution in [0, 0.1) is 11.7 Å².